The molecule has 3 N–H and O–H groups in total. The molecule has 0 saturated carbocycles. The second-order valence-electron chi connectivity index (χ2n) is 4.49. The van der Waals surface area contributed by atoms with Gasteiger partial charge in [0.25, 0.3) is 0 Å². The van der Waals surface area contributed by atoms with E-state index >= 15 is 0 Å². The van der Waals surface area contributed by atoms with E-state index in [4.69, 9.17) is 15.2 Å². The topological polar surface area (TPSA) is 90.6 Å². The number of ether oxygens (including phenoxy) is 2. The quantitative estimate of drug-likeness (QED) is 0.561. The second-order valence-corrected chi connectivity index (χ2v) is 4.49. The molecule has 0 aliphatic rings. The predicted octanol–water partition coefficient (Wildman–Crippen LogP) is 1.58. The zero-order valence-electron chi connectivity index (χ0n) is 12.2. The Kier molecular flexibility index (Phi) is 7.89. The summed E-state index contributed by atoms with van der Waals surface area (Å²) >= 11 is 0. The Morgan fingerprint density at radius 1 is 1.24 bits per heavy atom. The van der Waals surface area contributed by atoms with Gasteiger partial charge in [-0.25, -0.2) is 4.79 Å². The molecule has 0 aliphatic carbocycles. The van der Waals surface area contributed by atoms with Crippen LogP contribution < -0.4 is 11.1 Å². The van der Waals surface area contributed by atoms with Crippen LogP contribution in [0.15, 0.2) is 30.3 Å². The SMILES string of the molecule is CCOC(=O)[C@@H](N)CCCNC(=O)OCc1ccccc1. The van der Waals surface area contributed by atoms with Gasteiger partial charge in [-0.2, -0.15) is 0 Å². The monoisotopic (exact) mass is 294 g/mol. The minimum absolute atomic E-state index is 0.231. The normalized spacial score (nSPS) is 11.5. The number of hydrogen-bond donors (Lipinski definition) is 2. The molecule has 6 heteroatoms. The highest BCUT2D eigenvalue weighted by Crippen LogP contribution is 2.01. The Labute approximate surface area is 124 Å². The Morgan fingerprint density at radius 2 is 1.95 bits per heavy atom. The highest BCUT2D eigenvalue weighted by molar-refractivity contribution is 5.75. The van der Waals surface area contributed by atoms with Gasteiger partial charge in [-0.05, 0) is 25.3 Å². The van der Waals surface area contributed by atoms with Crippen molar-refractivity contribution in [2.24, 2.45) is 5.73 Å². The standard InChI is InChI=1S/C15H22N2O4/c1-2-20-14(18)13(16)9-6-10-17-15(19)21-11-12-7-4-3-5-8-12/h3-5,7-8,13H,2,6,9-11,16H2,1H3,(H,17,19)/t13-/m0/s1. The van der Waals surface area contributed by atoms with Gasteiger partial charge in [0.15, 0.2) is 0 Å². The number of nitrogens with one attached hydrogen (secondary N) is 1. The van der Waals surface area contributed by atoms with E-state index in [0.29, 0.717) is 26.0 Å². The Hall–Kier alpha value is -2.08. The van der Waals surface area contributed by atoms with Crippen LogP contribution in [-0.2, 0) is 20.9 Å². The summed E-state index contributed by atoms with van der Waals surface area (Å²) in [5, 5.41) is 2.61. The average molecular weight is 294 g/mol. The fourth-order valence-electron chi connectivity index (χ4n) is 1.65. The van der Waals surface area contributed by atoms with E-state index in [1.165, 1.54) is 0 Å². The lowest BCUT2D eigenvalue weighted by Crippen LogP contribution is -2.33. The summed E-state index contributed by atoms with van der Waals surface area (Å²) < 4.78 is 9.84. The molecule has 0 radical (unpaired) electrons. The molecule has 1 aromatic carbocycles. The zero-order valence-corrected chi connectivity index (χ0v) is 12.2. The first-order chi connectivity index (χ1) is 10.1. The average Bonchev–Trinajstić information content (AvgIpc) is 2.50. The number of esters is 1. The van der Waals surface area contributed by atoms with Gasteiger partial charge in [0.1, 0.15) is 12.6 Å². The molecule has 6 nitrogen and oxygen atoms in total. The number of carbonyl (C=O) groups is 2. The van der Waals surface area contributed by atoms with Gasteiger partial charge in [0, 0.05) is 6.54 Å². The number of benzene rings is 1. The first-order valence-corrected chi connectivity index (χ1v) is 7.00. The van der Waals surface area contributed by atoms with Crippen molar-refractivity contribution in [1.29, 1.82) is 0 Å². The third kappa shape index (κ3) is 7.31. The van der Waals surface area contributed by atoms with E-state index in [9.17, 15) is 9.59 Å². The van der Waals surface area contributed by atoms with Crippen LogP contribution in [0.3, 0.4) is 0 Å². The summed E-state index contributed by atoms with van der Waals surface area (Å²) in [7, 11) is 0. The van der Waals surface area contributed by atoms with Gasteiger partial charge in [-0.15, -0.1) is 0 Å². The van der Waals surface area contributed by atoms with Gasteiger partial charge in [0.05, 0.1) is 6.61 Å². The molecule has 0 heterocycles. The maximum absolute atomic E-state index is 11.4. The lowest BCUT2D eigenvalue weighted by molar-refractivity contribution is -0.144. The molecular formula is C15H22N2O4. The minimum atomic E-state index is -0.646. The van der Waals surface area contributed by atoms with Crippen molar-refractivity contribution in [3.63, 3.8) is 0 Å². The molecule has 1 amide bonds. The van der Waals surface area contributed by atoms with Crippen LogP contribution >= 0.6 is 0 Å². The molecule has 0 fully saturated rings. The van der Waals surface area contributed by atoms with Crippen molar-refractivity contribution in [3.8, 4) is 0 Å². The maximum atomic E-state index is 11.4. The van der Waals surface area contributed by atoms with Crippen molar-refractivity contribution < 1.29 is 19.1 Å². The number of alkyl carbamates (subject to hydrolysis) is 1. The van der Waals surface area contributed by atoms with Gasteiger partial charge in [-0.1, -0.05) is 30.3 Å². The second kappa shape index (κ2) is 9.77. The fraction of sp³-hybridized carbons (Fsp3) is 0.467. The van der Waals surface area contributed by atoms with Gasteiger partial charge in [0.2, 0.25) is 0 Å². The van der Waals surface area contributed by atoms with Crippen LogP contribution in [0.25, 0.3) is 0 Å². The smallest absolute Gasteiger partial charge is 0.407 e. The number of rotatable bonds is 8. The molecule has 0 aliphatic heterocycles. The molecular weight excluding hydrogens is 272 g/mol. The molecule has 1 atom stereocenters. The van der Waals surface area contributed by atoms with E-state index in [-0.39, 0.29) is 6.61 Å². The summed E-state index contributed by atoms with van der Waals surface area (Å²) in [6.07, 6.45) is 0.557. The van der Waals surface area contributed by atoms with Crippen molar-refractivity contribution in [3.05, 3.63) is 35.9 Å². The lowest BCUT2D eigenvalue weighted by Gasteiger charge is -2.11. The lowest BCUT2D eigenvalue weighted by atomic mass is 10.2. The third-order valence-corrected chi connectivity index (χ3v) is 2.76. The minimum Gasteiger partial charge on any atom is -0.465 e. The maximum Gasteiger partial charge on any atom is 0.407 e. The van der Waals surface area contributed by atoms with Crippen LogP contribution in [0, 0.1) is 0 Å². The molecule has 0 bridgehead atoms. The molecule has 0 saturated heterocycles. The number of hydrogen-bond acceptors (Lipinski definition) is 5. The molecule has 0 spiro atoms. The number of carbonyl (C=O) groups excluding carboxylic acids is 2. The van der Waals surface area contributed by atoms with E-state index in [1.807, 2.05) is 30.3 Å². The van der Waals surface area contributed by atoms with Crippen LogP contribution in [-0.4, -0.2) is 31.3 Å². The van der Waals surface area contributed by atoms with Crippen LogP contribution in [0.1, 0.15) is 25.3 Å². The summed E-state index contributed by atoms with van der Waals surface area (Å²) in [6.45, 7) is 2.68. The van der Waals surface area contributed by atoms with Crippen molar-refractivity contribution >= 4 is 12.1 Å². The third-order valence-electron chi connectivity index (χ3n) is 2.76. The Balaban J connectivity index is 2.09. The van der Waals surface area contributed by atoms with Crippen LogP contribution in [0.5, 0.6) is 0 Å². The highest BCUT2D eigenvalue weighted by atomic mass is 16.5. The molecule has 1 aromatic rings. The summed E-state index contributed by atoms with van der Waals surface area (Å²) in [4.78, 5) is 22.7. The van der Waals surface area contributed by atoms with Crippen LogP contribution in [0.4, 0.5) is 4.79 Å². The number of amides is 1. The number of nitrogens with two attached hydrogens (primary N) is 1. The largest absolute Gasteiger partial charge is 0.465 e. The summed E-state index contributed by atoms with van der Waals surface area (Å²) in [5.41, 5.74) is 6.56. The van der Waals surface area contributed by atoms with E-state index < -0.39 is 18.1 Å². The summed E-state index contributed by atoms with van der Waals surface area (Å²) in [5.74, 6) is -0.413. The van der Waals surface area contributed by atoms with Crippen molar-refractivity contribution in [2.45, 2.75) is 32.4 Å². The van der Waals surface area contributed by atoms with Crippen molar-refractivity contribution in [2.75, 3.05) is 13.2 Å². The van der Waals surface area contributed by atoms with Gasteiger partial charge < -0.3 is 20.5 Å². The fourth-order valence-corrected chi connectivity index (χ4v) is 1.65. The van der Waals surface area contributed by atoms with Crippen LogP contribution in [0.2, 0.25) is 0 Å². The van der Waals surface area contributed by atoms with E-state index in [0.717, 1.165) is 5.56 Å². The Morgan fingerprint density at radius 3 is 2.62 bits per heavy atom. The molecule has 1 rings (SSSR count). The zero-order chi connectivity index (χ0) is 15.5. The highest BCUT2D eigenvalue weighted by Gasteiger charge is 2.13. The first kappa shape index (κ1) is 17.0. The van der Waals surface area contributed by atoms with E-state index in [1.54, 1.807) is 6.92 Å². The molecule has 0 unspecified atom stereocenters. The van der Waals surface area contributed by atoms with E-state index in [2.05, 4.69) is 5.32 Å². The molecule has 0 aromatic heterocycles. The molecule has 116 valence electrons. The predicted molar refractivity (Wildman–Crippen MR) is 78.5 cm³/mol. The van der Waals surface area contributed by atoms with Gasteiger partial charge in [-0.3, -0.25) is 4.79 Å². The molecule has 21 heavy (non-hydrogen) atoms. The summed E-state index contributed by atoms with van der Waals surface area (Å²) in [6, 6.07) is 8.78. The first-order valence-electron chi connectivity index (χ1n) is 7.00. The van der Waals surface area contributed by atoms with Crippen molar-refractivity contribution in [1.82, 2.24) is 5.32 Å². The van der Waals surface area contributed by atoms with Gasteiger partial charge >= 0.3 is 12.1 Å². The Bertz CT molecular complexity index is 437.